The van der Waals surface area contributed by atoms with Gasteiger partial charge in [0.2, 0.25) is 5.95 Å². The van der Waals surface area contributed by atoms with E-state index >= 15 is 0 Å². The zero-order chi connectivity index (χ0) is 22.1. The summed E-state index contributed by atoms with van der Waals surface area (Å²) in [6.45, 7) is 3.81. The van der Waals surface area contributed by atoms with Gasteiger partial charge in [0, 0.05) is 5.56 Å². The molecule has 6 heteroatoms. The first kappa shape index (κ1) is 22.7. The second kappa shape index (κ2) is 11.4. The predicted octanol–water partition coefficient (Wildman–Crippen LogP) is 5.29. The third-order valence-electron chi connectivity index (χ3n) is 5.28. The van der Waals surface area contributed by atoms with Crippen molar-refractivity contribution in [2.75, 3.05) is 5.32 Å². The zero-order valence-corrected chi connectivity index (χ0v) is 18.4. The Bertz CT molecular complexity index is 946. The number of rotatable bonds is 11. The Kier molecular flexibility index (Phi) is 8.35. The summed E-state index contributed by atoms with van der Waals surface area (Å²) in [7, 11) is 0. The van der Waals surface area contributed by atoms with Gasteiger partial charge in [-0.1, -0.05) is 75.4 Å². The fourth-order valence-corrected chi connectivity index (χ4v) is 3.52. The smallest absolute Gasteiger partial charge is 0.279 e. The van der Waals surface area contributed by atoms with Gasteiger partial charge in [-0.25, -0.2) is 0 Å². The molecule has 1 heterocycles. The van der Waals surface area contributed by atoms with E-state index in [-0.39, 0.29) is 11.9 Å². The van der Waals surface area contributed by atoms with Crippen LogP contribution in [0.1, 0.15) is 68.3 Å². The Morgan fingerprint density at radius 2 is 1.58 bits per heavy atom. The molecule has 0 aliphatic carbocycles. The molecule has 3 aromatic rings. The molecule has 31 heavy (non-hydrogen) atoms. The molecule has 2 N–H and O–H groups in total. The third kappa shape index (κ3) is 6.76. The maximum absolute atomic E-state index is 12.6. The van der Waals surface area contributed by atoms with Gasteiger partial charge in [0.25, 0.3) is 5.91 Å². The molecule has 0 bridgehead atoms. The van der Waals surface area contributed by atoms with Crippen LogP contribution in [0, 0.1) is 0 Å². The van der Waals surface area contributed by atoms with E-state index in [0.29, 0.717) is 5.56 Å². The quantitative estimate of drug-likeness (QED) is 0.326. The zero-order valence-electron chi connectivity index (χ0n) is 18.4. The van der Waals surface area contributed by atoms with Crippen molar-refractivity contribution in [2.45, 2.75) is 65.0 Å². The second-order valence-corrected chi connectivity index (χ2v) is 7.93. The van der Waals surface area contributed by atoms with Crippen LogP contribution in [0.5, 0.6) is 0 Å². The number of aromatic nitrogens is 3. The molecule has 164 valence electrons. The molecule has 0 amide bonds. The van der Waals surface area contributed by atoms with Crippen molar-refractivity contribution in [1.82, 2.24) is 14.8 Å². The van der Waals surface area contributed by atoms with Gasteiger partial charge in [0.05, 0.1) is 0 Å². The van der Waals surface area contributed by atoms with Crippen molar-refractivity contribution in [3.63, 3.8) is 0 Å². The summed E-state index contributed by atoms with van der Waals surface area (Å²) in [4.78, 5) is 16.6. The van der Waals surface area contributed by atoms with E-state index in [1.165, 1.54) is 50.4 Å². The highest BCUT2D eigenvalue weighted by molar-refractivity contribution is 5.95. The van der Waals surface area contributed by atoms with Gasteiger partial charge in [0.15, 0.2) is 0 Å². The number of aliphatic hydroxyl groups excluding tert-OH is 1. The van der Waals surface area contributed by atoms with Crippen LogP contribution in [-0.2, 0) is 6.42 Å². The van der Waals surface area contributed by atoms with Gasteiger partial charge >= 0.3 is 0 Å². The topological polar surface area (TPSA) is 80.0 Å². The minimum Gasteiger partial charge on any atom is -0.374 e. The number of aliphatic hydroxyl groups is 1. The van der Waals surface area contributed by atoms with Crippen molar-refractivity contribution < 1.29 is 9.90 Å². The lowest BCUT2D eigenvalue weighted by molar-refractivity contribution is 0.0944. The number of nitrogens with zero attached hydrogens (tertiary/aromatic N) is 3. The average molecular weight is 421 g/mol. The lowest BCUT2D eigenvalue weighted by Crippen LogP contribution is -2.16. The molecule has 1 aromatic heterocycles. The molecule has 0 saturated carbocycles. The molecule has 0 radical (unpaired) electrons. The van der Waals surface area contributed by atoms with Crippen LogP contribution in [-0.4, -0.2) is 32.0 Å². The number of carbonyl (C=O) groups is 1. The highest BCUT2D eigenvalue weighted by Gasteiger charge is 2.12. The van der Waals surface area contributed by atoms with Gasteiger partial charge in [0.1, 0.15) is 12.6 Å². The van der Waals surface area contributed by atoms with Crippen LogP contribution < -0.4 is 5.32 Å². The number of nitrogens with one attached hydrogen (secondary N) is 1. The number of hydrogen-bond acceptors (Lipinski definition) is 5. The first-order valence-corrected chi connectivity index (χ1v) is 11.2. The van der Waals surface area contributed by atoms with Crippen molar-refractivity contribution >= 4 is 11.9 Å². The van der Waals surface area contributed by atoms with E-state index in [2.05, 4.69) is 46.6 Å². The van der Waals surface area contributed by atoms with Crippen molar-refractivity contribution in [1.29, 1.82) is 0 Å². The van der Waals surface area contributed by atoms with Gasteiger partial charge in [-0.05, 0) is 48.6 Å². The third-order valence-corrected chi connectivity index (χ3v) is 5.28. The van der Waals surface area contributed by atoms with E-state index in [4.69, 9.17) is 0 Å². The average Bonchev–Trinajstić information content (AvgIpc) is 3.24. The minimum absolute atomic E-state index is 0.209. The maximum atomic E-state index is 12.6. The van der Waals surface area contributed by atoms with Gasteiger partial charge in [-0.3, -0.25) is 4.79 Å². The van der Waals surface area contributed by atoms with E-state index in [9.17, 15) is 9.90 Å². The van der Waals surface area contributed by atoms with Gasteiger partial charge < -0.3 is 10.4 Å². The number of benzene rings is 2. The monoisotopic (exact) mass is 420 g/mol. The lowest BCUT2D eigenvalue weighted by atomic mass is 10.00. The van der Waals surface area contributed by atoms with Crippen LogP contribution in [0.3, 0.4) is 0 Å². The number of hydrogen-bond donors (Lipinski definition) is 2. The standard InChI is InChI=1S/C25H32N4O2/c1-3-4-5-6-7-8-9-20-10-12-21(13-11-20)22-14-16-23(17-15-22)24(31)29-18-26-25(28-29)27-19(2)30/h10-19,30H,3-9H2,1-2H3,(H,27,28). The van der Waals surface area contributed by atoms with Gasteiger partial charge in [-0.2, -0.15) is 9.67 Å². The molecular weight excluding hydrogens is 388 g/mol. The first-order valence-electron chi connectivity index (χ1n) is 11.2. The fraction of sp³-hybridized carbons (Fsp3) is 0.400. The van der Waals surface area contributed by atoms with Crippen LogP contribution >= 0.6 is 0 Å². The Labute approximate surface area is 184 Å². The summed E-state index contributed by atoms with van der Waals surface area (Å²) in [6.07, 6.45) is 9.55. The molecule has 2 aromatic carbocycles. The van der Waals surface area contributed by atoms with Crippen molar-refractivity contribution in [3.05, 3.63) is 66.0 Å². The Balaban J connectivity index is 1.56. The van der Waals surface area contributed by atoms with Crippen molar-refractivity contribution in [3.8, 4) is 11.1 Å². The normalized spacial score (nSPS) is 12.0. The first-order chi connectivity index (χ1) is 15.1. The summed E-state index contributed by atoms with van der Waals surface area (Å²) in [5, 5.41) is 16.0. The Morgan fingerprint density at radius 3 is 2.23 bits per heavy atom. The molecule has 0 spiro atoms. The number of anilines is 1. The summed E-state index contributed by atoms with van der Waals surface area (Å²) in [6, 6.07) is 16.2. The number of aryl methyl sites for hydroxylation is 1. The molecule has 0 aliphatic rings. The fourth-order valence-electron chi connectivity index (χ4n) is 3.52. The van der Waals surface area contributed by atoms with Crippen LogP contribution in [0.25, 0.3) is 11.1 Å². The summed E-state index contributed by atoms with van der Waals surface area (Å²) in [5.74, 6) is -0.0620. The van der Waals surface area contributed by atoms with E-state index in [1.807, 2.05) is 12.1 Å². The minimum atomic E-state index is -0.789. The van der Waals surface area contributed by atoms with E-state index in [1.54, 1.807) is 19.1 Å². The second-order valence-electron chi connectivity index (χ2n) is 7.93. The van der Waals surface area contributed by atoms with E-state index in [0.717, 1.165) is 22.2 Å². The summed E-state index contributed by atoms with van der Waals surface area (Å²) < 4.78 is 1.16. The highest BCUT2D eigenvalue weighted by Crippen LogP contribution is 2.21. The molecule has 0 aliphatic heterocycles. The maximum Gasteiger partial charge on any atom is 0.279 e. The highest BCUT2D eigenvalue weighted by atomic mass is 16.3. The van der Waals surface area contributed by atoms with Gasteiger partial charge in [-0.15, -0.1) is 5.10 Å². The molecule has 3 rings (SSSR count). The Morgan fingerprint density at radius 1 is 0.968 bits per heavy atom. The Hall–Kier alpha value is -2.99. The molecular formula is C25H32N4O2. The molecule has 6 nitrogen and oxygen atoms in total. The number of carbonyl (C=O) groups excluding carboxylic acids is 1. The van der Waals surface area contributed by atoms with Crippen LogP contribution in [0.15, 0.2) is 54.9 Å². The molecule has 1 unspecified atom stereocenters. The largest absolute Gasteiger partial charge is 0.374 e. The van der Waals surface area contributed by atoms with Crippen molar-refractivity contribution in [2.24, 2.45) is 0 Å². The summed E-state index contributed by atoms with van der Waals surface area (Å²) in [5.41, 5.74) is 4.10. The summed E-state index contributed by atoms with van der Waals surface area (Å²) >= 11 is 0. The molecule has 1 atom stereocenters. The SMILES string of the molecule is CCCCCCCCc1ccc(-c2ccc(C(=O)n3cnc(NC(C)O)n3)cc2)cc1. The molecule has 0 fully saturated rings. The molecule has 0 saturated heterocycles. The van der Waals surface area contributed by atoms with E-state index < -0.39 is 6.23 Å². The number of unbranched alkanes of at least 4 members (excludes halogenated alkanes) is 5. The van der Waals surface area contributed by atoms with Crippen LogP contribution in [0.2, 0.25) is 0 Å². The lowest BCUT2D eigenvalue weighted by Gasteiger charge is -2.06. The predicted molar refractivity (Wildman–Crippen MR) is 124 cm³/mol. The van der Waals surface area contributed by atoms with Crippen LogP contribution in [0.4, 0.5) is 5.95 Å².